The lowest BCUT2D eigenvalue weighted by Crippen LogP contribution is -2.35. The number of likely N-dealkylation sites (tertiary alicyclic amines) is 1. The van der Waals surface area contributed by atoms with E-state index in [1.807, 2.05) is 9.47 Å². The van der Waals surface area contributed by atoms with Crippen molar-refractivity contribution in [1.82, 2.24) is 19.4 Å². The predicted molar refractivity (Wildman–Crippen MR) is 125 cm³/mol. The summed E-state index contributed by atoms with van der Waals surface area (Å²) in [5, 5.41) is 2.91. The molecule has 2 aliphatic rings. The maximum atomic E-state index is 13.0. The van der Waals surface area contributed by atoms with Gasteiger partial charge in [0.2, 0.25) is 5.95 Å². The maximum absolute atomic E-state index is 13.0. The zero-order chi connectivity index (χ0) is 22.8. The molecule has 0 aliphatic carbocycles. The number of nitrogens with zero attached hydrogens (tertiary/aromatic N) is 4. The highest BCUT2D eigenvalue weighted by Crippen LogP contribution is 2.25. The minimum Gasteiger partial charge on any atom is -0.399 e. The molecule has 5 rings (SSSR count). The molecule has 0 bridgehead atoms. The summed E-state index contributed by atoms with van der Waals surface area (Å²) >= 11 is 0. The fourth-order valence-electron chi connectivity index (χ4n) is 4.51. The molecule has 2 amide bonds. The van der Waals surface area contributed by atoms with E-state index in [0.717, 1.165) is 45.4 Å². The molecule has 3 aromatic rings. The van der Waals surface area contributed by atoms with Crippen LogP contribution in [0.1, 0.15) is 46.4 Å². The number of carbonyl (C=O) groups is 2. The molecule has 2 aliphatic heterocycles. The van der Waals surface area contributed by atoms with Gasteiger partial charge in [-0.05, 0) is 49.9 Å². The average Bonchev–Trinajstić information content (AvgIpc) is 3.47. The van der Waals surface area contributed by atoms with Crippen LogP contribution < -0.4 is 11.1 Å². The minimum atomic E-state index is -0.300. The Kier molecular flexibility index (Phi) is 5.95. The van der Waals surface area contributed by atoms with E-state index in [2.05, 4.69) is 15.3 Å². The van der Waals surface area contributed by atoms with Crippen LogP contribution in [0.15, 0.2) is 36.5 Å². The summed E-state index contributed by atoms with van der Waals surface area (Å²) in [6.45, 7) is 3.55. The van der Waals surface area contributed by atoms with E-state index >= 15 is 0 Å². The second kappa shape index (κ2) is 9.19. The number of aromatic nitrogens is 3. The minimum absolute atomic E-state index is 0.0202. The largest absolute Gasteiger partial charge is 0.399 e. The van der Waals surface area contributed by atoms with Gasteiger partial charge in [0, 0.05) is 49.6 Å². The molecule has 0 radical (unpaired) electrons. The topological polar surface area (TPSA) is 115 Å². The number of nitrogen functional groups attached to an aromatic ring is 1. The van der Waals surface area contributed by atoms with Gasteiger partial charge in [0.15, 0.2) is 5.65 Å². The Morgan fingerprint density at radius 2 is 2.00 bits per heavy atom. The van der Waals surface area contributed by atoms with Crippen molar-refractivity contribution < 1.29 is 14.3 Å². The van der Waals surface area contributed by atoms with Crippen molar-refractivity contribution >= 4 is 34.6 Å². The van der Waals surface area contributed by atoms with Crippen LogP contribution in [0.25, 0.3) is 11.2 Å². The van der Waals surface area contributed by atoms with Gasteiger partial charge in [0.25, 0.3) is 11.8 Å². The second-order valence-electron chi connectivity index (χ2n) is 8.77. The Morgan fingerprint density at radius 3 is 2.76 bits per heavy atom. The molecular formula is C24H28N6O3. The standard InChI is InChI=1S/C24H28N6O3/c25-19-6-4-5-17(11-19)22(31)28-24-27-20-12-18(23(32)29-8-2-1-3-9-29)13-26-21(20)30(24)14-16-7-10-33-15-16/h4-6,11-13,16H,1-3,7-10,14-15,25H2,(H,27,28,31). The zero-order valence-electron chi connectivity index (χ0n) is 18.5. The van der Waals surface area contributed by atoms with Gasteiger partial charge >= 0.3 is 0 Å². The van der Waals surface area contributed by atoms with Gasteiger partial charge in [-0.1, -0.05) is 6.07 Å². The summed E-state index contributed by atoms with van der Waals surface area (Å²) in [5.74, 6) is 0.389. The lowest BCUT2D eigenvalue weighted by molar-refractivity contribution is 0.0724. The number of imidazole rings is 1. The molecule has 2 fully saturated rings. The molecule has 1 atom stereocenters. The number of hydrogen-bond donors (Lipinski definition) is 2. The fourth-order valence-corrected chi connectivity index (χ4v) is 4.51. The summed E-state index contributed by atoms with van der Waals surface area (Å²) in [7, 11) is 0. The molecule has 1 aromatic carbocycles. The molecule has 1 unspecified atom stereocenters. The van der Waals surface area contributed by atoms with Crippen LogP contribution in [0.5, 0.6) is 0 Å². The fraction of sp³-hybridized carbons (Fsp3) is 0.417. The number of pyridine rings is 1. The Bertz CT molecular complexity index is 1180. The van der Waals surface area contributed by atoms with Crippen LogP contribution in [0.2, 0.25) is 0 Å². The van der Waals surface area contributed by atoms with E-state index in [-0.39, 0.29) is 11.8 Å². The van der Waals surface area contributed by atoms with Crippen LogP contribution in [0, 0.1) is 5.92 Å². The molecule has 2 aromatic heterocycles. The highest BCUT2D eigenvalue weighted by molar-refractivity contribution is 6.04. The van der Waals surface area contributed by atoms with E-state index in [9.17, 15) is 9.59 Å². The molecule has 9 heteroatoms. The summed E-state index contributed by atoms with van der Waals surface area (Å²) in [6.07, 6.45) is 5.77. The highest BCUT2D eigenvalue weighted by atomic mass is 16.5. The van der Waals surface area contributed by atoms with Gasteiger partial charge < -0.3 is 15.4 Å². The van der Waals surface area contributed by atoms with Gasteiger partial charge in [0.1, 0.15) is 5.52 Å². The highest BCUT2D eigenvalue weighted by Gasteiger charge is 2.24. The number of rotatable bonds is 5. The van der Waals surface area contributed by atoms with Gasteiger partial charge in [-0.25, -0.2) is 9.97 Å². The van der Waals surface area contributed by atoms with Crippen LogP contribution in [-0.2, 0) is 11.3 Å². The molecule has 33 heavy (non-hydrogen) atoms. The predicted octanol–water partition coefficient (Wildman–Crippen LogP) is 2.93. The lowest BCUT2D eigenvalue weighted by Gasteiger charge is -2.26. The van der Waals surface area contributed by atoms with Gasteiger partial charge in [0.05, 0.1) is 12.2 Å². The van der Waals surface area contributed by atoms with E-state index < -0.39 is 0 Å². The van der Waals surface area contributed by atoms with Gasteiger partial charge in [-0.2, -0.15) is 0 Å². The molecule has 3 N–H and O–H groups in total. The quantitative estimate of drug-likeness (QED) is 0.580. The number of ether oxygens (including phenoxy) is 1. The monoisotopic (exact) mass is 448 g/mol. The summed E-state index contributed by atoms with van der Waals surface area (Å²) in [6, 6.07) is 8.58. The first-order valence-electron chi connectivity index (χ1n) is 11.5. The number of nitrogens with one attached hydrogen (secondary N) is 1. The average molecular weight is 449 g/mol. The number of fused-ring (bicyclic) bond motifs is 1. The van der Waals surface area contributed by atoms with Gasteiger partial charge in [-0.3, -0.25) is 19.5 Å². The molecule has 2 saturated heterocycles. The smallest absolute Gasteiger partial charge is 0.258 e. The Morgan fingerprint density at radius 1 is 1.15 bits per heavy atom. The second-order valence-corrected chi connectivity index (χ2v) is 8.77. The van der Waals surface area contributed by atoms with Crippen molar-refractivity contribution in [3.63, 3.8) is 0 Å². The molecule has 9 nitrogen and oxygen atoms in total. The SMILES string of the molecule is Nc1cccc(C(=O)Nc2nc3cc(C(=O)N4CCCCC4)cnc3n2CC2CCOC2)c1. The molecule has 4 heterocycles. The molecular weight excluding hydrogens is 420 g/mol. The Balaban J connectivity index is 1.47. The van der Waals surface area contributed by atoms with E-state index in [4.69, 9.17) is 10.5 Å². The summed E-state index contributed by atoms with van der Waals surface area (Å²) in [4.78, 5) is 37.0. The van der Waals surface area contributed by atoms with E-state index in [1.165, 1.54) is 0 Å². The van der Waals surface area contributed by atoms with Crippen molar-refractivity contribution in [3.8, 4) is 0 Å². The van der Waals surface area contributed by atoms with Crippen molar-refractivity contribution in [2.45, 2.75) is 32.2 Å². The number of nitrogens with two attached hydrogens (primary N) is 1. The van der Waals surface area contributed by atoms with Crippen LogP contribution in [-0.4, -0.2) is 57.6 Å². The van der Waals surface area contributed by atoms with Crippen LogP contribution >= 0.6 is 0 Å². The first kappa shape index (κ1) is 21.4. The normalized spacial score (nSPS) is 18.5. The number of piperidine rings is 1. The number of anilines is 2. The third-order valence-corrected chi connectivity index (χ3v) is 6.31. The van der Waals surface area contributed by atoms with Crippen LogP contribution in [0.3, 0.4) is 0 Å². The number of carbonyl (C=O) groups excluding carboxylic acids is 2. The lowest BCUT2D eigenvalue weighted by atomic mass is 10.1. The van der Waals surface area contributed by atoms with Crippen molar-refractivity contribution in [2.75, 3.05) is 37.4 Å². The number of hydrogen-bond acceptors (Lipinski definition) is 6. The first-order valence-corrected chi connectivity index (χ1v) is 11.5. The third-order valence-electron chi connectivity index (χ3n) is 6.31. The van der Waals surface area contributed by atoms with Crippen molar-refractivity contribution in [3.05, 3.63) is 47.7 Å². The number of amides is 2. The molecule has 0 saturated carbocycles. The summed E-state index contributed by atoms with van der Waals surface area (Å²) in [5.41, 5.74) is 8.54. The molecule has 172 valence electrons. The van der Waals surface area contributed by atoms with Crippen molar-refractivity contribution in [1.29, 1.82) is 0 Å². The maximum Gasteiger partial charge on any atom is 0.258 e. The zero-order valence-corrected chi connectivity index (χ0v) is 18.5. The van der Waals surface area contributed by atoms with Gasteiger partial charge in [-0.15, -0.1) is 0 Å². The van der Waals surface area contributed by atoms with Crippen LogP contribution in [0.4, 0.5) is 11.6 Å². The summed E-state index contributed by atoms with van der Waals surface area (Å²) < 4.78 is 7.44. The van der Waals surface area contributed by atoms with E-state index in [0.29, 0.717) is 53.0 Å². The number of benzene rings is 1. The van der Waals surface area contributed by atoms with Crippen molar-refractivity contribution in [2.24, 2.45) is 5.92 Å². The Hall–Kier alpha value is -3.46. The Labute approximate surface area is 191 Å². The first-order chi connectivity index (χ1) is 16.1. The molecule has 0 spiro atoms. The third kappa shape index (κ3) is 4.54. The van der Waals surface area contributed by atoms with E-state index in [1.54, 1.807) is 36.5 Å².